The summed E-state index contributed by atoms with van der Waals surface area (Å²) in [6.45, 7) is 6.90. The molecule has 10 heteroatoms. The van der Waals surface area contributed by atoms with Crippen molar-refractivity contribution in [3.63, 3.8) is 0 Å². The van der Waals surface area contributed by atoms with Crippen molar-refractivity contribution in [2.24, 2.45) is 5.73 Å². The highest BCUT2D eigenvalue weighted by Crippen LogP contribution is 2.39. The Balaban J connectivity index is 1.72. The summed E-state index contributed by atoms with van der Waals surface area (Å²) < 4.78 is 17.6. The van der Waals surface area contributed by atoms with Crippen LogP contribution >= 0.6 is 23.2 Å². The molecule has 0 unspecified atom stereocenters. The normalized spacial score (nSPS) is 13.0. The quantitative estimate of drug-likeness (QED) is 0.316. The van der Waals surface area contributed by atoms with Crippen LogP contribution in [-0.4, -0.2) is 27.3 Å². The minimum atomic E-state index is -0.754. The lowest BCUT2D eigenvalue weighted by atomic mass is 9.98. The number of hydrogen-bond donors (Lipinski definition) is 2. The number of aryl methyl sites for hydroxylation is 3. The summed E-state index contributed by atoms with van der Waals surface area (Å²) in [6, 6.07) is 9.93. The van der Waals surface area contributed by atoms with Crippen molar-refractivity contribution in [3.8, 4) is 16.9 Å². The molecule has 0 radical (unpaired) electrons. The number of pyridine rings is 1. The summed E-state index contributed by atoms with van der Waals surface area (Å²) in [5.74, 6) is 0.115. The second-order valence-electron chi connectivity index (χ2n) is 9.19. The average Bonchev–Trinajstić information content (AvgIpc) is 3.19. The maximum Gasteiger partial charge on any atom is 0.316 e. The molecule has 0 fully saturated rings. The maximum atomic E-state index is 15.7. The van der Waals surface area contributed by atoms with E-state index in [1.54, 1.807) is 25.3 Å². The van der Waals surface area contributed by atoms with Crippen LogP contribution in [0.2, 0.25) is 10.0 Å². The van der Waals surface area contributed by atoms with E-state index < -0.39 is 11.8 Å². The molecule has 0 bridgehead atoms. The van der Waals surface area contributed by atoms with Gasteiger partial charge in [-0.05, 0) is 55.7 Å². The topological polar surface area (TPSA) is 89.1 Å². The Labute approximate surface area is 224 Å². The molecule has 1 aliphatic heterocycles. The lowest BCUT2D eigenvalue weighted by Crippen LogP contribution is -2.31. The zero-order chi connectivity index (χ0) is 26.4. The molecule has 0 saturated carbocycles. The van der Waals surface area contributed by atoms with Crippen molar-refractivity contribution in [2.45, 2.75) is 33.7 Å². The molecule has 7 nitrogen and oxygen atoms in total. The average molecular weight is 539 g/mol. The van der Waals surface area contributed by atoms with Crippen molar-refractivity contribution in [1.29, 1.82) is 0 Å². The van der Waals surface area contributed by atoms with Crippen molar-refractivity contribution < 1.29 is 9.18 Å². The molecule has 3 heterocycles. The molecule has 3 N–H and O–H groups in total. The van der Waals surface area contributed by atoms with E-state index in [9.17, 15) is 4.79 Å². The Bertz CT molecular complexity index is 1530. The van der Waals surface area contributed by atoms with Gasteiger partial charge in [0.05, 0.1) is 27.1 Å². The van der Waals surface area contributed by atoms with Gasteiger partial charge in [-0.3, -0.25) is 0 Å². The standard InChI is InChI=1S/C27H25Cl2FN6O/c1-14-5-4-6-15(2)24(14)36-25(18-9-16(3)23(11-21(18)30)33-27(31)37)19-13-35(8-7-22(19)34-36)26-20(29)10-17(28)12-32-26/h4-6,9-12H,7-8,13H2,1-3H3,(H3,31,33,37). The first-order valence-electron chi connectivity index (χ1n) is 11.7. The van der Waals surface area contributed by atoms with Gasteiger partial charge in [0.15, 0.2) is 0 Å². The number of benzene rings is 2. The molecule has 190 valence electrons. The summed E-state index contributed by atoms with van der Waals surface area (Å²) in [5, 5.41) is 8.37. The summed E-state index contributed by atoms with van der Waals surface area (Å²) >= 11 is 12.5. The largest absolute Gasteiger partial charge is 0.351 e. The van der Waals surface area contributed by atoms with Gasteiger partial charge in [0.1, 0.15) is 11.6 Å². The summed E-state index contributed by atoms with van der Waals surface area (Å²) in [7, 11) is 0. The van der Waals surface area contributed by atoms with Gasteiger partial charge in [0, 0.05) is 42.5 Å². The van der Waals surface area contributed by atoms with E-state index >= 15 is 4.39 Å². The molecule has 2 aromatic carbocycles. The van der Waals surface area contributed by atoms with Gasteiger partial charge < -0.3 is 16.0 Å². The van der Waals surface area contributed by atoms with Crippen molar-refractivity contribution in [3.05, 3.63) is 86.4 Å². The van der Waals surface area contributed by atoms with E-state index in [1.807, 2.05) is 36.7 Å². The number of nitrogens with zero attached hydrogens (tertiary/aromatic N) is 4. The van der Waals surface area contributed by atoms with Crippen LogP contribution in [0.1, 0.15) is 27.9 Å². The number of nitrogens with two attached hydrogens (primary N) is 1. The second kappa shape index (κ2) is 9.68. The summed E-state index contributed by atoms with van der Waals surface area (Å²) in [6.07, 6.45) is 2.19. The van der Waals surface area contributed by atoms with Gasteiger partial charge in [-0.25, -0.2) is 18.9 Å². The van der Waals surface area contributed by atoms with Gasteiger partial charge in [0.25, 0.3) is 0 Å². The van der Waals surface area contributed by atoms with Crippen molar-refractivity contribution in [2.75, 3.05) is 16.8 Å². The molecule has 0 atom stereocenters. The predicted molar refractivity (Wildman–Crippen MR) is 145 cm³/mol. The fraction of sp³-hybridized carbons (Fsp3) is 0.222. The highest BCUT2D eigenvalue weighted by atomic mass is 35.5. The lowest BCUT2D eigenvalue weighted by molar-refractivity contribution is 0.259. The van der Waals surface area contributed by atoms with Crippen LogP contribution in [0.15, 0.2) is 42.6 Å². The molecule has 1 aliphatic rings. The van der Waals surface area contributed by atoms with Crippen LogP contribution < -0.4 is 16.0 Å². The zero-order valence-electron chi connectivity index (χ0n) is 20.6. The highest BCUT2D eigenvalue weighted by molar-refractivity contribution is 6.36. The van der Waals surface area contributed by atoms with Crippen LogP contribution in [0, 0.1) is 26.6 Å². The van der Waals surface area contributed by atoms with Crippen molar-refractivity contribution in [1.82, 2.24) is 14.8 Å². The molecule has 0 aliphatic carbocycles. The molecule has 2 aromatic heterocycles. The van der Waals surface area contributed by atoms with Gasteiger partial charge in [-0.2, -0.15) is 5.10 Å². The smallest absolute Gasteiger partial charge is 0.316 e. The first kappa shape index (κ1) is 25.0. The lowest BCUT2D eigenvalue weighted by Gasteiger charge is -2.28. The Hall–Kier alpha value is -3.62. The van der Waals surface area contributed by atoms with Crippen LogP contribution in [0.25, 0.3) is 16.9 Å². The molecule has 5 rings (SSSR count). The molecule has 0 saturated heterocycles. The summed E-state index contributed by atoms with van der Waals surface area (Å²) in [4.78, 5) is 17.9. The van der Waals surface area contributed by atoms with Crippen LogP contribution in [0.4, 0.5) is 20.7 Å². The number of nitrogens with one attached hydrogen (secondary N) is 1. The number of carbonyl (C=O) groups is 1. The van der Waals surface area contributed by atoms with E-state index in [1.165, 1.54) is 6.07 Å². The van der Waals surface area contributed by atoms with Gasteiger partial charge in [-0.15, -0.1) is 0 Å². The maximum absolute atomic E-state index is 15.7. The number of para-hydroxylation sites is 1. The van der Waals surface area contributed by atoms with Gasteiger partial charge >= 0.3 is 6.03 Å². The van der Waals surface area contributed by atoms with Crippen LogP contribution in [0.3, 0.4) is 0 Å². The van der Waals surface area contributed by atoms with Crippen LogP contribution in [-0.2, 0) is 13.0 Å². The highest BCUT2D eigenvalue weighted by Gasteiger charge is 2.30. The number of urea groups is 1. The Kier molecular flexibility index (Phi) is 6.56. The van der Waals surface area contributed by atoms with Gasteiger partial charge in [0.2, 0.25) is 0 Å². The third-order valence-corrected chi connectivity index (χ3v) is 7.09. The molecule has 2 amide bonds. The SMILES string of the molecule is Cc1cc(-c2c3c(nn2-c2c(C)cccc2C)CCN(c2ncc(Cl)cc2Cl)C3)c(F)cc1NC(N)=O. The Morgan fingerprint density at radius 2 is 1.84 bits per heavy atom. The number of anilines is 2. The Morgan fingerprint density at radius 1 is 1.11 bits per heavy atom. The number of hydrogen-bond acceptors (Lipinski definition) is 4. The van der Waals surface area contributed by atoms with Crippen molar-refractivity contribution >= 4 is 40.7 Å². The number of aromatic nitrogens is 3. The van der Waals surface area contributed by atoms with Gasteiger partial charge in [-0.1, -0.05) is 41.4 Å². The van der Waals surface area contributed by atoms with E-state index in [2.05, 4.69) is 15.2 Å². The third kappa shape index (κ3) is 4.63. The van der Waals surface area contributed by atoms with E-state index in [0.717, 1.165) is 28.1 Å². The Morgan fingerprint density at radius 3 is 2.51 bits per heavy atom. The van der Waals surface area contributed by atoms with E-state index in [-0.39, 0.29) is 0 Å². The van der Waals surface area contributed by atoms with E-state index in [0.29, 0.717) is 57.9 Å². The molecular formula is C27H25Cl2FN6O. The minimum Gasteiger partial charge on any atom is -0.351 e. The number of carbonyl (C=O) groups excluding carboxylic acids is 1. The first-order valence-corrected chi connectivity index (χ1v) is 12.5. The number of halogens is 3. The first-order chi connectivity index (χ1) is 17.6. The second-order valence-corrected chi connectivity index (χ2v) is 10.0. The van der Waals surface area contributed by atoms with Crippen LogP contribution in [0.5, 0.6) is 0 Å². The fourth-order valence-electron chi connectivity index (χ4n) is 4.90. The number of primary amides is 1. The molecule has 4 aromatic rings. The van der Waals surface area contributed by atoms with E-state index in [4.69, 9.17) is 34.0 Å². The minimum absolute atomic E-state index is 0.319. The summed E-state index contributed by atoms with van der Waals surface area (Å²) in [5.41, 5.74) is 12.0. The number of fused-ring (bicyclic) bond motifs is 1. The predicted octanol–water partition coefficient (Wildman–Crippen LogP) is 6.36. The monoisotopic (exact) mass is 538 g/mol. The third-order valence-electron chi connectivity index (χ3n) is 6.60. The number of rotatable bonds is 4. The fourth-order valence-corrected chi connectivity index (χ4v) is 5.40. The molecular weight excluding hydrogens is 514 g/mol. The number of amides is 2. The zero-order valence-corrected chi connectivity index (χ0v) is 22.1. The molecule has 0 spiro atoms. The molecule has 37 heavy (non-hydrogen) atoms.